The van der Waals surface area contributed by atoms with E-state index in [2.05, 4.69) is 59.7 Å². The van der Waals surface area contributed by atoms with Gasteiger partial charge in [0.2, 0.25) is 0 Å². The maximum absolute atomic E-state index is 6.33. The molecule has 4 nitrogen and oxygen atoms in total. The van der Waals surface area contributed by atoms with Gasteiger partial charge in [0, 0.05) is 23.9 Å². The molecule has 4 rings (SSSR count). The van der Waals surface area contributed by atoms with E-state index in [0.717, 1.165) is 48.2 Å². The Labute approximate surface area is 154 Å². The first kappa shape index (κ1) is 16.7. The van der Waals surface area contributed by atoms with Gasteiger partial charge >= 0.3 is 0 Å². The van der Waals surface area contributed by atoms with Gasteiger partial charge < -0.3 is 11.1 Å². The van der Waals surface area contributed by atoms with Crippen molar-refractivity contribution in [3.63, 3.8) is 0 Å². The molecule has 2 aromatic carbocycles. The summed E-state index contributed by atoms with van der Waals surface area (Å²) in [5, 5.41) is 10.9. The minimum atomic E-state index is 0.553. The number of nitrogens with zero attached hydrogens (tertiary/aromatic N) is 1. The van der Waals surface area contributed by atoms with Gasteiger partial charge in [-0.15, -0.1) is 0 Å². The lowest BCUT2D eigenvalue weighted by Gasteiger charge is -2.14. The molecule has 0 aliphatic heterocycles. The number of anilines is 2. The van der Waals surface area contributed by atoms with Crippen LogP contribution >= 0.6 is 0 Å². The molecule has 0 saturated carbocycles. The highest BCUT2D eigenvalue weighted by molar-refractivity contribution is 5.94. The fourth-order valence-electron chi connectivity index (χ4n) is 4.07. The van der Waals surface area contributed by atoms with Crippen molar-refractivity contribution in [3.05, 3.63) is 52.6 Å². The van der Waals surface area contributed by atoms with Gasteiger partial charge in [-0.25, -0.2) is 0 Å². The smallest absolute Gasteiger partial charge is 0.153 e. The highest BCUT2D eigenvalue weighted by atomic mass is 15.2. The van der Waals surface area contributed by atoms with Crippen LogP contribution in [0.15, 0.2) is 30.3 Å². The summed E-state index contributed by atoms with van der Waals surface area (Å²) in [7, 11) is 1.95. The van der Waals surface area contributed by atoms with Crippen LogP contribution in [0, 0.1) is 0 Å². The summed E-state index contributed by atoms with van der Waals surface area (Å²) in [5.74, 6) is 0.553. The lowest BCUT2D eigenvalue weighted by molar-refractivity contribution is 1.00. The Bertz CT molecular complexity index is 969. The number of aromatic amines is 1. The summed E-state index contributed by atoms with van der Waals surface area (Å²) in [6, 6.07) is 11.2. The van der Waals surface area contributed by atoms with E-state index in [-0.39, 0.29) is 0 Å². The van der Waals surface area contributed by atoms with Crippen molar-refractivity contribution in [2.45, 2.75) is 39.5 Å². The van der Waals surface area contributed by atoms with Crippen LogP contribution in [0.2, 0.25) is 0 Å². The van der Waals surface area contributed by atoms with Crippen molar-refractivity contribution in [1.82, 2.24) is 10.2 Å². The van der Waals surface area contributed by atoms with E-state index in [1.807, 2.05) is 7.05 Å². The predicted molar refractivity (Wildman–Crippen MR) is 110 cm³/mol. The van der Waals surface area contributed by atoms with Gasteiger partial charge in [-0.05, 0) is 66.1 Å². The van der Waals surface area contributed by atoms with Crippen LogP contribution in [-0.2, 0) is 25.7 Å². The molecule has 1 heterocycles. The first-order chi connectivity index (χ1) is 12.7. The number of aryl methyl sites for hydroxylation is 4. The molecule has 26 heavy (non-hydrogen) atoms. The molecular formula is C22H26N4. The standard InChI is InChI=1S/C22H26N4/c1-4-13-6-9-19(24-3)18(10-13)20-21(25-26-22(20)23)17-12-14(5-2)15-7-8-16(17)11-15/h6,9-12,24H,4-5,7-8H2,1-3H3,(H3,23,25,26). The van der Waals surface area contributed by atoms with Crippen molar-refractivity contribution in [2.75, 3.05) is 18.1 Å². The molecule has 0 atom stereocenters. The summed E-state index contributed by atoms with van der Waals surface area (Å²) in [6.07, 6.45) is 4.28. The molecule has 0 saturated heterocycles. The minimum absolute atomic E-state index is 0.553. The zero-order valence-electron chi connectivity index (χ0n) is 15.7. The molecule has 1 aliphatic carbocycles. The number of nitrogens with one attached hydrogen (secondary N) is 2. The van der Waals surface area contributed by atoms with Crippen LogP contribution in [0.4, 0.5) is 11.5 Å². The molecule has 2 bridgehead atoms. The average Bonchev–Trinajstić information content (AvgIpc) is 3.26. The zero-order chi connectivity index (χ0) is 18.3. The average molecular weight is 346 g/mol. The molecule has 3 aromatic rings. The molecule has 134 valence electrons. The molecule has 1 aliphatic rings. The SMILES string of the molecule is CCc1ccc(NC)c(-c2c(N)n[nH]c2-c2cc(CC)c3cc2CC3)c1. The topological polar surface area (TPSA) is 66.7 Å². The highest BCUT2D eigenvalue weighted by Crippen LogP contribution is 2.42. The van der Waals surface area contributed by atoms with Gasteiger partial charge in [0.15, 0.2) is 5.82 Å². The summed E-state index contributed by atoms with van der Waals surface area (Å²) >= 11 is 0. The van der Waals surface area contributed by atoms with Gasteiger partial charge in [0.25, 0.3) is 0 Å². The Morgan fingerprint density at radius 1 is 1.04 bits per heavy atom. The lowest BCUT2D eigenvalue weighted by atomic mass is 9.93. The van der Waals surface area contributed by atoms with Crippen molar-refractivity contribution in [2.24, 2.45) is 0 Å². The number of fused-ring (bicyclic) bond motifs is 2. The molecule has 1 aromatic heterocycles. The summed E-state index contributed by atoms with van der Waals surface area (Å²) in [6.45, 7) is 4.39. The second-order valence-electron chi connectivity index (χ2n) is 6.97. The van der Waals surface area contributed by atoms with Gasteiger partial charge in [-0.3, -0.25) is 5.10 Å². The van der Waals surface area contributed by atoms with E-state index in [1.54, 1.807) is 0 Å². The number of nitrogens with two attached hydrogens (primary N) is 1. The van der Waals surface area contributed by atoms with Crippen LogP contribution < -0.4 is 11.1 Å². The Hall–Kier alpha value is -2.75. The summed E-state index contributed by atoms with van der Waals surface area (Å²) in [5.41, 5.74) is 17.4. The summed E-state index contributed by atoms with van der Waals surface area (Å²) in [4.78, 5) is 0. The predicted octanol–water partition coefficient (Wildman–Crippen LogP) is 4.59. The second-order valence-corrected chi connectivity index (χ2v) is 6.97. The number of H-pyrrole nitrogens is 1. The van der Waals surface area contributed by atoms with E-state index >= 15 is 0 Å². The quantitative estimate of drug-likeness (QED) is 0.633. The molecule has 4 N–H and O–H groups in total. The van der Waals surface area contributed by atoms with E-state index in [0.29, 0.717) is 5.82 Å². The van der Waals surface area contributed by atoms with E-state index in [1.165, 1.54) is 27.8 Å². The van der Waals surface area contributed by atoms with Crippen molar-refractivity contribution >= 4 is 11.5 Å². The molecule has 0 spiro atoms. The zero-order valence-corrected chi connectivity index (χ0v) is 15.7. The van der Waals surface area contributed by atoms with Crippen LogP contribution in [0.5, 0.6) is 0 Å². The molecule has 0 fully saturated rings. The van der Waals surface area contributed by atoms with Gasteiger partial charge in [0.05, 0.1) is 11.3 Å². The largest absolute Gasteiger partial charge is 0.388 e. The monoisotopic (exact) mass is 346 g/mol. The highest BCUT2D eigenvalue weighted by Gasteiger charge is 2.23. The van der Waals surface area contributed by atoms with E-state index in [9.17, 15) is 0 Å². The second kappa shape index (κ2) is 6.52. The number of benzene rings is 2. The summed E-state index contributed by atoms with van der Waals surface area (Å²) < 4.78 is 0. The van der Waals surface area contributed by atoms with E-state index < -0.39 is 0 Å². The fraction of sp³-hybridized carbons (Fsp3) is 0.318. The van der Waals surface area contributed by atoms with Crippen molar-refractivity contribution in [1.29, 1.82) is 0 Å². The van der Waals surface area contributed by atoms with Crippen LogP contribution in [-0.4, -0.2) is 17.2 Å². The first-order valence-corrected chi connectivity index (χ1v) is 9.46. The number of rotatable bonds is 5. The lowest BCUT2D eigenvalue weighted by Crippen LogP contribution is -1.97. The maximum Gasteiger partial charge on any atom is 0.153 e. The first-order valence-electron chi connectivity index (χ1n) is 9.46. The Morgan fingerprint density at radius 3 is 2.58 bits per heavy atom. The Morgan fingerprint density at radius 2 is 1.85 bits per heavy atom. The van der Waals surface area contributed by atoms with Gasteiger partial charge in [-0.1, -0.05) is 26.0 Å². The molecule has 0 amide bonds. The normalized spacial score (nSPS) is 12.6. The van der Waals surface area contributed by atoms with Crippen molar-refractivity contribution < 1.29 is 0 Å². The van der Waals surface area contributed by atoms with Crippen LogP contribution in [0.1, 0.15) is 36.1 Å². The molecule has 0 radical (unpaired) electrons. The third kappa shape index (κ3) is 2.57. The number of hydrogen-bond donors (Lipinski definition) is 3. The molecule has 4 heteroatoms. The maximum atomic E-state index is 6.33. The number of nitrogen functional groups attached to an aromatic ring is 1. The third-order valence-electron chi connectivity index (χ3n) is 5.56. The number of hydrogen-bond acceptors (Lipinski definition) is 3. The fourth-order valence-corrected chi connectivity index (χ4v) is 4.07. The van der Waals surface area contributed by atoms with Crippen LogP contribution in [0.25, 0.3) is 22.4 Å². The third-order valence-corrected chi connectivity index (χ3v) is 5.56. The molecule has 0 unspecified atom stereocenters. The number of aromatic nitrogens is 2. The molecular weight excluding hydrogens is 320 g/mol. The Balaban J connectivity index is 1.94. The van der Waals surface area contributed by atoms with Crippen LogP contribution in [0.3, 0.4) is 0 Å². The minimum Gasteiger partial charge on any atom is -0.388 e. The van der Waals surface area contributed by atoms with Gasteiger partial charge in [-0.2, -0.15) is 5.10 Å². The van der Waals surface area contributed by atoms with Gasteiger partial charge in [0.1, 0.15) is 0 Å². The van der Waals surface area contributed by atoms with Crippen molar-refractivity contribution in [3.8, 4) is 22.4 Å². The Kier molecular flexibility index (Phi) is 4.19. The van der Waals surface area contributed by atoms with E-state index in [4.69, 9.17) is 5.73 Å².